The Morgan fingerprint density at radius 3 is 2.68 bits per heavy atom. The van der Waals surface area contributed by atoms with Crippen LogP contribution in [0.4, 0.5) is 17.1 Å². The highest BCUT2D eigenvalue weighted by Crippen LogP contribution is 2.48. The third-order valence-electron chi connectivity index (χ3n) is 7.18. The number of aromatic nitrogens is 1. The summed E-state index contributed by atoms with van der Waals surface area (Å²) in [6, 6.07) is 23.1. The molecule has 0 amide bonds. The average Bonchev–Trinajstić information content (AvgIpc) is 2.94. The number of hydrogen-bond donors (Lipinski definition) is 1. The van der Waals surface area contributed by atoms with Crippen molar-refractivity contribution in [2.45, 2.75) is 36.0 Å². The second kappa shape index (κ2) is 10.7. The van der Waals surface area contributed by atoms with E-state index in [0.29, 0.717) is 5.02 Å². The van der Waals surface area contributed by atoms with Crippen molar-refractivity contribution < 1.29 is 0 Å². The summed E-state index contributed by atoms with van der Waals surface area (Å²) in [6.07, 6.45) is 5.77. The van der Waals surface area contributed by atoms with E-state index in [4.69, 9.17) is 16.7 Å². The largest absolute Gasteiger partial charge is 0.338 e. The van der Waals surface area contributed by atoms with Gasteiger partial charge in [0.1, 0.15) is 0 Å². The Bertz CT molecular complexity index is 1460. The molecule has 0 bridgehead atoms. The quantitative estimate of drug-likeness (QED) is 0.204. The molecule has 2 aliphatic heterocycles. The first-order valence-electron chi connectivity index (χ1n) is 12.9. The SMILES string of the molecule is C/C(=N\Nc1ccnc2cc(Cl)ccc12)c1ccc2c(c1)N(CCN1CCCCC1)c1ccccc1S2. The number of nitrogens with one attached hydrogen (secondary N) is 1. The minimum Gasteiger partial charge on any atom is -0.338 e. The number of likely N-dealkylation sites (tertiary alicyclic amines) is 1. The Morgan fingerprint density at radius 1 is 0.946 bits per heavy atom. The Hall–Kier alpha value is -3.06. The molecule has 3 heterocycles. The highest BCUT2D eigenvalue weighted by molar-refractivity contribution is 7.99. The number of para-hydroxylation sites is 1. The van der Waals surface area contributed by atoms with Crippen molar-refractivity contribution in [3.05, 3.63) is 83.5 Å². The molecule has 1 N–H and O–H groups in total. The van der Waals surface area contributed by atoms with Gasteiger partial charge in [0.15, 0.2) is 0 Å². The van der Waals surface area contributed by atoms with Gasteiger partial charge in [-0.05, 0) is 86.9 Å². The lowest BCUT2D eigenvalue weighted by atomic mass is 10.1. The second-order valence-electron chi connectivity index (χ2n) is 9.64. The Balaban J connectivity index is 1.28. The first-order valence-corrected chi connectivity index (χ1v) is 14.1. The lowest BCUT2D eigenvalue weighted by molar-refractivity contribution is 0.234. The van der Waals surface area contributed by atoms with Crippen LogP contribution in [0.1, 0.15) is 31.7 Å². The van der Waals surface area contributed by atoms with E-state index < -0.39 is 0 Å². The number of fused-ring (bicyclic) bond motifs is 3. The molecule has 1 saturated heterocycles. The number of benzene rings is 3. The molecule has 1 aromatic heterocycles. The highest BCUT2D eigenvalue weighted by atomic mass is 35.5. The van der Waals surface area contributed by atoms with Crippen LogP contribution in [0.15, 0.2) is 87.8 Å². The number of pyridine rings is 1. The summed E-state index contributed by atoms with van der Waals surface area (Å²) in [4.78, 5) is 12.1. The summed E-state index contributed by atoms with van der Waals surface area (Å²) in [5, 5.41) is 6.41. The number of nitrogens with zero attached hydrogens (tertiary/aromatic N) is 4. The number of rotatable bonds is 6. The monoisotopic (exact) mass is 527 g/mol. The molecule has 0 spiro atoms. The van der Waals surface area contributed by atoms with Gasteiger partial charge in [0, 0.05) is 39.5 Å². The van der Waals surface area contributed by atoms with Crippen LogP contribution in [0, 0.1) is 0 Å². The van der Waals surface area contributed by atoms with E-state index >= 15 is 0 Å². The fourth-order valence-corrected chi connectivity index (χ4v) is 6.39. The van der Waals surface area contributed by atoms with Crippen molar-refractivity contribution in [1.82, 2.24) is 9.88 Å². The predicted molar refractivity (Wildman–Crippen MR) is 157 cm³/mol. The van der Waals surface area contributed by atoms with Crippen LogP contribution >= 0.6 is 23.4 Å². The van der Waals surface area contributed by atoms with Crippen LogP contribution < -0.4 is 10.3 Å². The summed E-state index contributed by atoms with van der Waals surface area (Å²) >= 11 is 8.00. The third-order valence-corrected chi connectivity index (χ3v) is 8.55. The van der Waals surface area contributed by atoms with Gasteiger partial charge in [-0.15, -0.1) is 0 Å². The van der Waals surface area contributed by atoms with Crippen LogP contribution in [-0.2, 0) is 0 Å². The van der Waals surface area contributed by atoms with Gasteiger partial charge in [0.25, 0.3) is 0 Å². The lowest BCUT2D eigenvalue weighted by Gasteiger charge is -2.35. The highest BCUT2D eigenvalue weighted by Gasteiger charge is 2.24. The van der Waals surface area contributed by atoms with Gasteiger partial charge < -0.3 is 9.80 Å². The molecule has 0 aliphatic carbocycles. The molecule has 0 unspecified atom stereocenters. The molecular formula is C30H30ClN5S. The maximum Gasteiger partial charge on any atom is 0.0738 e. The predicted octanol–water partition coefficient (Wildman–Crippen LogP) is 7.81. The first kappa shape index (κ1) is 24.3. The number of hydrogen-bond acceptors (Lipinski definition) is 6. The van der Waals surface area contributed by atoms with Crippen LogP contribution in [0.3, 0.4) is 0 Å². The molecule has 37 heavy (non-hydrogen) atoms. The number of anilines is 3. The standard InChI is InChI=1S/C30H30ClN5S/c1-21(33-34-25-13-14-32-26-20-23(31)10-11-24(25)26)22-9-12-30-28(19-22)36(18-17-35-15-5-2-6-16-35)27-7-3-4-8-29(27)37-30/h3-4,7-14,19-20H,2,5-6,15-18H2,1H3,(H,32,34)/b33-21+. The zero-order valence-corrected chi connectivity index (χ0v) is 22.5. The van der Waals surface area contributed by atoms with Crippen LogP contribution in [0.5, 0.6) is 0 Å². The summed E-state index contributed by atoms with van der Waals surface area (Å²) in [7, 11) is 0. The Morgan fingerprint density at radius 2 is 1.78 bits per heavy atom. The maximum absolute atomic E-state index is 6.15. The number of piperidine rings is 1. The van der Waals surface area contributed by atoms with Gasteiger partial charge >= 0.3 is 0 Å². The number of halogens is 1. The van der Waals surface area contributed by atoms with Crippen molar-refractivity contribution in [3.63, 3.8) is 0 Å². The molecule has 7 heteroatoms. The maximum atomic E-state index is 6.15. The molecule has 0 atom stereocenters. The molecule has 0 saturated carbocycles. The van der Waals surface area contributed by atoms with Crippen LogP contribution in [0.25, 0.3) is 10.9 Å². The molecule has 2 aliphatic rings. The summed E-state index contributed by atoms with van der Waals surface area (Å²) < 4.78 is 0. The zero-order chi connectivity index (χ0) is 25.2. The lowest BCUT2D eigenvalue weighted by Crippen LogP contribution is -2.37. The third kappa shape index (κ3) is 5.19. The van der Waals surface area contributed by atoms with Crippen molar-refractivity contribution in [3.8, 4) is 0 Å². The van der Waals surface area contributed by atoms with Crippen LogP contribution in [0.2, 0.25) is 5.02 Å². The van der Waals surface area contributed by atoms with Crippen molar-refractivity contribution >= 4 is 57.0 Å². The van der Waals surface area contributed by atoms with E-state index in [1.54, 1.807) is 6.20 Å². The van der Waals surface area contributed by atoms with Gasteiger partial charge in [-0.3, -0.25) is 10.4 Å². The molecule has 5 nitrogen and oxygen atoms in total. The van der Waals surface area contributed by atoms with Crippen LogP contribution in [-0.4, -0.2) is 41.8 Å². The van der Waals surface area contributed by atoms with Crippen molar-refractivity contribution in [2.24, 2.45) is 5.10 Å². The average molecular weight is 528 g/mol. The van der Waals surface area contributed by atoms with E-state index in [1.165, 1.54) is 53.5 Å². The van der Waals surface area contributed by atoms with Gasteiger partial charge in [-0.25, -0.2) is 0 Å². The first-order chi connectivity index (χ1) is 18.2. The van der Waals surface area contributed by atoms with Crippen molar-refractivity contribution in [2.75, 3.05) is 36.5 Å². The minimum atomic E-state index is 0.676. The fraction of sp³-hybridized carbons (Fsp3) is 0.267. The smallest absolute Gasteiger partial charge is 0.0738 e. The molecule has 4 aromatic rings. The Kier molecular flexibility index (Phi) is 7.05. The second-order valence-corrected chi connectivity index (χ2v) is 11.2. The van der Waals surface area contributed by atoms with E-state index in [2.05, 4.69) is 69.6 Å². The molecular weight excluding hydrogens is 498 g/mol. The molecule has 6 rings (SSSR count). The molecule has 3 aromatic carbocycles. The molecule has 1 fully saturated rings. The van der Waals surface area contributed by atoms with Crippen molar-refractivity contribution in [1.29, 1.82) is 0 Å². The molecule has 0 radical (unpaired) electrons. The topological polar surface area (TPSA) is 43.8 Å². The van der Waals surface area contributed by atoms with E-state index in [9.17, 15) is 0 Å². The summed E-state index contributed by atoms with van der Waals surface area (Å²) in [6.45, 7) is 6.54. The van der Waals surface area contributed by atoms with E-state index in [1.807, 2.05) is 36.0 Å². The summed E-state index contributed by atoms with van der Waals surface area (Å²) in [5.41, 5.74) is 9.61. The van der Waals surface area contributed by atoms with Gasteiger partial charge in [-0.2, -0.15) is 5.10 Å². The van der Waals surface area contributed by atoms with Gasteiger partial charge in [0.2, 0.25) is 0 Å². The minimum absolute atomic E-state index is 0.676. The number of hydrazone groups is 1. The van der Waals surface area contributed by atoms with Gasteiger partial charge in [-0.1, -0.05) is 48.0 Å². The van der Waals surface area contributed by atoms with E-state index in [-0.39, 0.29) is 0 Å². The van der Waals surface area contributed by atoms with E-state index in [0.717, 1.165) is 41.0 Å². The zero-order valence-electron chi connectivity index (χ0n) is 21.0. The summed E-state index contributed by atoms with van der Waals surface area (Å²) in [5.74, 6) is 0. The van der Waals surface area contributed by atoms with Gasteiger partial charge in [0.05, 0.1) is 28.3 Å². The molecule has 188 valence electrons. The normalized spacial score (nSPS) is 15.9. The Labute approximate surface area is 227 Å². The fourth-order valence-electron chi connectivity index (χ4n) is 5.15.